The number of aliphatic hydroxyl groups is 1. The molecule has 0 atom stereocenters. The zero-order valence-electron chi connectivity index (χ0n) is 8.90. The molecule has 1 N–H and O–H groups in total. The lowest BCUT2D eigenvalue weighted by Crippen LogP contribution is -2.47. The quantitative estimate of drug-likeness (QED) is 0.811. The normalized spacial score (nSPS) is 18.3. The van der Waals surface area contributed by atoms with E-state index in [1.807, 2.05) is 18.2 Å². The lowest BCUT2D eigenvalue weighted by atomic mass is 9.76. The van der Waals surface area contributed by atoms with Crippen LogP contribution in [0.1, 0.15) is 12.0 Å². The highest BCUT2D eigenvalue weighted by Gasteiger charge is 2.39. The number of hydrogen-bond acceptors (Lipinski definition) is 3. The fraction of sp³-hybridized carbons (Fsp3) is 0.500. The minimum Gasteiger partial charge on any atom is -0.497 e. The Labute approximate surface area is 89.6 Å². The van der Waals surface area contributed by atoms with Crippen molar-refractivity contribution >= 4 is 0 Å². The molecule has 3 heteroatoms. The average Bonchev–Trinajstić information content (AvgIpc) is 2.23. The Bertz CT molecular complexity index is 331. The molecule has 2 rings (SSSR count). The van der Waals surface area contributed by atoms with Gasteiger partial charge in [0.25, 0.3) is 0 Å². The van der Waals surface area contributed by atoms with Crippen LogP contribution in [-0.2, 0) is 10.2 Å². The van der Waals surface area contributed by atoms with Gasteiger partial charge in [-0.25, -0.2) is 0 Å². The fourth-order valence-electron chi connectivity index (χ4n) is 1.97. The third-order valence-electron chi connectivity index (χ3n) is 3.03. The maximum absolute atomic E-state index is 9.07. The van der Waals surface area contributed by atoms with Crippen LogP contribution in [-0.4, -0.2) is 32.0 Å². The van der Waals surface area contributed by atoms with Crippen LogP contribution in [0.4, 0.5) is 0 Å². The molecule has 1 aliphatic heterocycles. The van der Waals surface area contributed by atoms with Crippen LogP contribution in [0, 0.1) is 0 Å². The summed E-state index contributed by atoms with van der Waals surface area (Å²) in [6.45, 7) is 1.59. The van der Waals surface area contributed by atoms with Crippen molar-refractivity contribution in [1.82, 2.24) is 0 Å². The number of aliphatic hydroxyl groups excluding tert-OH is 1. The Morgan fingerprint density at radius 3 is 2.80 bits per heavy atom. The molecule has 0 amide bonds. The highest BCUT2D eigenvalue weighted by atomic mass is 16.5. The van der Waals surface area contributed by atoms with Crippen molar-refractivity contribution in [3.63, 3.8) is 0 Å². The Hall–Kier alpha value is -1.06. The number of rotatable bonds is 4. The second kappa shape index (κ2) is 4.21. The van der Waals surface area contributed by atoms with Crippen LogP contribution >= 0.6 is 0 Å². The molecule has 1 fully saturated rings. The maximum Gasteiger partial charge on any atom is 0.119 e. The summed E-state index contributed by atoms with van der Waals surface area (Å²) in [5.74, 6) is 0.858. The number of benzene rings is 1. The Balaban J connectivity index is 2.26. The minimum absolute atomic E-state index is 0.00326. The van der Waals surface area contributed by atoms with Crippen LogP contribution < -0.4 is 4.74 Å². The van der Waals surface area contributed by atoms with Gasteiger partial charge in [0.05, 0.1) is 20.3 Å². The first-order chi connectivity index (χ1) is 7.30. The summed E-state index contributed by atoms with van der Waals surface area (Å²) in [5, 5.41) is 9.07. The Kier molecular flexibility index (Phi) is 2.93. The lowest BCUT2D eigenvalue weighted by molar-refractivity contribution is -0.0701. The molecule has 1 aliphatic rings. The van der Waals surface area contributed by atoms with Crippen LogP contribution in [0.2, 0.25) is 0 Å². The molecule has 82 valence electrons. The predicted octanol–water partition coefficient (Wildman–Crippen LogP) is 1.35. The van der Waals surface area contributed by atoms with Crippen molar-refractivity contribution in [2.45, 2.75) is 11.8 Å². The Morgan fingerprint density at radius 2 is 2.27 bits per heavy atom. The van der Waals surface area contributed by atoms with Gasteiger partial charge in [0.15, 0.2) is 0 Å². The molecular formula is C12H16O3. The number of ether oxygens (including phenoxy) is 2. The standard InChI is InChI=1S/C12H16O3/c1-14-11-4-2-3-10(7-11)12(5-6-13)8-15-9-12/h2-4,7,13H,5-6,8-9H2,1H3. The fourth-order valence-corrected chi connectivity index (χ4v) is 1.97. The van der Waals surface area contributed by atoms with Crippen molar-refractivity contribution in [1.29, 1.82) is 0 Å². The third-order valence-corrected chi connectivity index (χ3v) is 3.03. The van der Waals surface area contributed by atoms with Crippen LogP contribution in [0.25, 0.3) is 0 Å². The van der Waals surface area contributed by atoms with E-state index in [2.05, 4.69) is 6.07 Å². The zero-order valence-corrected chi connectivity index (χ0v) is 8.90. The van der Waals surface area contributed by atoms with E-state index in [1.165, 1.54) is 5.56 Å². The second-order valence-corrected chi connectivity index (χ2v) is 3.98. The second-order valence-electron chi connectivity index (χ2n) is 3.98. The van der Waals surface area contributed by atoms with E-state index in [9.17, 15) is 0 Å². The third kappa shape index (κ3) is 1.85. The van der Waals surface area contributed by atoms with Gasteiger partial charge in [-0.1, -0.05) is 12.1 Å². The zero-order chi connectivity index (χ0) is 10.7. The molecule has 15 heavy (non-hydrogen) atoms. The molecule has 1 aromatic carbocycles. The SMILES string of the molecule is COc1cccc(C2(CCO)COC2)c1. The molecule has 1 heterocycles. The molecule has 3 nitrogen and oxygen atoms in total. The predicted molar refractivity (Wildman–Crippen MR) is 57.2 cm³/mol. The molecule has 1 aromatic rings. The highest BCUT2D eigenvalue weighted by molar-refractivity contribution is 5.35. The molecule has 0 saturated carbocycles. The largest absolute Gasteiger partial charge is 0.497 e. The summed E-state index contributed by atoms with van der Waals surface area (Å²) in [4.78, 5) is 0. The van der Waals surface area contributed by atoms with Gasteiger partial charge in [0.1, 0.15) is 5.75 Å². The van der Waals surface area contributed by atoms with Gasteiger partial charge in [0.2, 0.25) is 0 Å². The van der Waals surface area contributed by atoms with Crippen molar-refractivity contribution in [2.75, 3.05) is 26.9 Å². The van der Waals surface area contributed by atoms with Gasteiger partial charge < -0.3 is 14.6 Å². The first kappa shape index (κ1) is 10.5. The molecule has 1 saturated heterocycles. The van der Waals surface area contributed by atoms with E-state index in [0.29, 0.717) is 13.2 Å². The number of hydrogen-bond donors (Lipinski definition) is 1. The highest BCUT2D eigenvalue weighted by Crippen LogP contribution is 2.36. The summed E-state index contributed by atoms with van der Waals surface area (Å²) in [6, 6.07) is 8.00. The van der Waals surface area contributed by atoms with Crippen molar-refractivity contribution in [3.8, 4) is 5.75 Å². The van der Waals surface area contributed by atoms with Gasteiger partial charge in [-0.15, -0.1) is 0 Å². The molecular weight excluding hydrogens is 192 g/mol. The van der Waals surface area contributed by atoms with E-state index in [0.717, 1.165) is 12.2 Å². The van der Waals surface area contributed by atoms with E-state index < -0.39 is 0 Å². The van der Waals surface area contributed by atoms with Crippen LogP contribution in [0.3, 0.4) is 0 Å². The van der Waals surface area contributed by atoms with Gasteiger partial charge in [0, 0.05) is 12.0 Å². The van der Waals surface area contributed by atoms with Gasteiger partial charge in [-0.2, -0.15) is 0 Å². The van der Waals surface area contributed by atoms with Gasteiger partial charge >= 0.3 is 0 Å². The summed E-state index contributed by atoms with van der Waals surface area (Å²) >= 11 is 0. The molecule has 0 aliphatic carbocycles. The average molecular weight is 208 g/mol. The first-order valence-corrected chi connectivity index (χ1v) is 5.14. The van der Waals surface area contributed by atoms with Crippen molar-refractivity contribution in [2.24, 2.45) is 0 Å². The monoisotopic (exact) mass is 208 g/mol. The van der Waals surface area contributed by atoms with Gasteiger partial charge in [-0.3, -0.25) is 0 Å². The molecule has 0 spiro atoms. The van der Waals surface area contributed by atoms with E-state index in [4.69, 9.17) is 14.6 Å². The van der Waals surface area contributed by atoms with Crippen molar-refractivity contribution in [3.05, 3.63) is 29.8 Å². The molecule has 0 radical (unpaired) electrons. The molecule has 0 bridgehead atoms. The van der Waals surface area contributed by atoms with E-state index in [-0.39, 0.29) is 12.0 Å². The minimum atomic E-state index is 0.00326. The van der Waals surface area contributed by atoms with Crippen LogP contribution in [0.15, 0.2) is 24.3 Å². The van der Waals surface area contributed by atoms with E-state index in [1.54, 1.807) is 7.11 Å². The first-order valence-electron chi connectivity index (χ1n) is 5.14. The maximum atomic E-state index is 9.07. The van der Waals surface area contributed by atoms with E-state index >= 15 is 0 Å². The summed E-state index contributed by atoms with van der Waals surface area (Å²) in [5.41, 5.74) is 1.20. The Morgan fingerprint density at radius 1 is 1.47 bits per heavy atom. The summed E-state index contributed by atoms with van der Waals surface area (Å²) < 4.78 is 10.5. The smallest absolute Gasteiger partial charge is 0.119 e. The van der Waals surface area contributed by atoms with Crippen molar-refractivity contribution < 1.29 is 14.6 Å². The number of methoxy groups -OCH3 is 1. The molecule has 0 aromatic heterocycles. The topological polar surface area (TPSA) is 38.7 Å². The summed E-state index contributed by atoms with van der Waals surface area (Å²) in [6.07, 6.45) is 0.750. The molecule has 0 unspecified atom stereocenters. The van der Waals surface area contributed by atoms with Crippen LogP contribution in [0.5, 0.6) is 5.75 Å². The van der Waals surface area contributed by atoms with Gasteiger partial charge in [-0.05, 0) is 24.1 Å². The summed E-state index contributed by atoms with van der Waals surface area (Å²) in [7, 11) is 1.66. The lowest BCUT2D eigenvalue weighted by Gasteiger charge is -2.41.